The van der Waals surface area contributed by atoms with Crippen molar-refractivity contribution in [3.63, 3.8) is 0 Å². The molecule has 1 amide bonds. The molecule has 0 spiro atoms. The van der Waals surface area contributed by atoms with Crippen molar-refractivity contribution in [2.75, 3.05) is 26.5 Å². The van der Waals surface area contributed by atoms with Gasteiger partial charge in [-0.3, -0.25) is 9.89 Å². The largest absolute Gasteiger partial charge is 0.496 e. The maximum atomic E-state index is 12.3. The van der Waals surface area contributed by atoms with E-state index in [1.165, 1.54) is 26.0 Å². The zero-order valence-corrected chi connectivity index (χ0v) is 13.5. The van der Waals surface area contributed by atoms with Gasteiger partial charge >= 0.3 is 0 Å². The van der Waals surface area contributed by atoms with Crippen LogP contribution in [0.1, 0.15) is 16.2 Å². The molecule has 0 aliphatic heterocycles. The number of aromatic nitrogens is 3. The summed E-state index contributed by atoms with van der Waals surface area (Å²) >= 11 is 1.47. The highest BCUT2D eigenvalue weighted by Crippen LogP contribution is 2.27. The van der Waals surface area contributed by atoms with E-state index in [1.807, 2.05) is 6.92 Å². The number of thioether (sulfide) groups is 1. The van der Waals surface area contributed by atoms with Gasteiger partial charge in [0.25, 0.3) is 5.91 Å². The van der Waals surface area contributed by atoms with Crippen LogP contribution in [0.3, 0.4) is 0 Å². The summed E-state index contributed by atoms with van der Waals surface area (Å²) in [7, 11) is 3.04. The van der Waals surface area contributed by atoms with Gasteiger partial charge < -0.3 is 14.8 Å². The molecule has 2 aromatic rings. The quantitative estimate of drug-likeness (QED) is 0.595. The van der Waals surface area contributed by atoms with Gasteiger partial charge in [0, 0.05) is 12.3 Å². The maximum Gasteiger partial charge on any atom is 0.258 e. The molecule has 1 aromatic heterocycles. The number of nitrogens with zero attached hydrogens (tertiary/aromatic N) is 2. The third-order valence-corrected chi connectivity index (χ3v) is 3.70. The van der Waals surface area contributed by atoms with E-state index in [2.05, 4.69) is 20.5 Å². The molecule has 1 heterocycles. The first-order valence-corrected chi connectivity index (χ1v) is 7.65. The number of aromatic amines is 1. The zero-order chi connectivity index (χ0) is 15.9. The van der Waals surface area contributed by atoms with Gasteiger partial charge in [-0.2, -0.15) is 0 Å². The minimum absolute atomic E-state index is 0.235. The van der Waals surface area contributed by atoms with Crippen LogP contribution < -0.4 is 14.8 Å². The van der Waals surface area contributed by atoms with Gasteiger partial charge in [0.2, 0.25) is 5.16 Å². The topological polar surface area (TPSA) is 89.1 Å². The molecule has 0 saturated carbocycles. The second kappa shape index (κ2) is 7.69. The van der Waals surface area contributed by atoms with Crippen LogP contribution in [-0.4, -0.2) is 47.6 Å². The predicted octanol–water partition coefficient (Wildman–Crippen LogP) is 1.65. The highest BCUT2D eigenvalue weighted by atomic mass is 32.2. The lowest BCUT2D eigenvalue weighted by atomic mass is 10.1. The van der Waals surface area contributed by atoms with Gasteiger partial charge in [-0.25, -0.2) is 4.98 Å². The summed E-state index contributed by atoms with van der Waals surface area (Å²) in [5.74, 6) is 2.16. The number of carbonyl (C=O) groups excluding carboxylic acids is 1. The zero-order valence-electron chi connectivity index (χ0n) is 12.7. The second-order valence-corrected chi connectivity index (χ2v) is 5.41. The monoisotopic (exact) mass is 322 g/mol. The fourth-order valence-electron chi connectivity index (χ4n) is 1.86. The Balaban J connectivity index is 1.92. The fraction of sp³-hybridized carbons (Fsp3) is 0.357. The van der Waals surface area contributed by atoms with E-state index in [9.17, 15) is 4.79 Å². The van der Waals surface area contributed by atoms with E-state index < -0.39 is 0 Å². The first-order valence-electron chi connectivity index (χ1n) is 6.66. The fourth-order valence-corrected chi connectivity index (χ4v) is 2.56. The minimum Gasteiger partial charge on any atom is -0.496 e. The van der Waals surface area contributed by atoms with Crippen molar-refractivity contribution in [3.05, 3.63) is 29.6 Å². The van der Waals surface area contributed by atoms with Crippen LogP contribution in [0.2, 0.25) is 0 Å². The number of methoxy groups -OCH3 is 2. The molecule has 0 atom stereocenters. The molecule has 8 heteroatoms. The van der Waals surface area contributed by atoms with E-state index in [0.717, 1.165) is 5.82 Å². The Hall–Kier alpha value is -2.22. The van der Waals surface area contributed by atoms with Crippen molar-refractivity contribution in [1.82, 2.24) is 20.5 Å². The number of aryl methyl sites for hydroxylation is 1. The molecule has 0 aliphatic rings. The molecule has 0 saturated heterocycles. The van der Waals surface area contributed by atoms with Crippen molar-refractivity contribution in [3.8, 4) is 11.5 Å². The molecular weight excluding hydrogens is 304 g/mol. The Morgan fingerprint density at radius 3 is 2.55 bits per heavy atom. The van der Waals surface area contributed by atoms with Crippen LogP contribution in [0, 0.1) is 6.92 Å². The number of rotatable bonds is 7. The average Bonchev–Trinajstić information content (AvgIpc) is 2.95. The SMILES string of the molecule is COc1cccc(OC)c1C(=O)NCCSc1n[nH]c(C)n1. The summed E-state index contributed by atoms with van der Waals surface area (Å²) in [5.41, 5.74) is 0.395. The summed E-state index contributed by atoms with van der Waals surface area (Å²) < 4.78 is 10.4. The minimum atomic E-state index is -0.235. The summed E-state index contributed by atoms with van der Waals surface area (Å²) in [6.45, 7) is 2.32. The molecule has 0 bridgehead atoms. The van der Waals surface area contributed by atoms with Gasteiger partial charge in [-0.15, -0.1) is 5.10 Å². The molecule has 1 aromatic carbocycles. The lowest BCUT2D eigenvalue weighted by Crippen LogP contribution is -2.26. The van der Waals surface area contributed by atoms with Crippen LogP contribution in [-0.2, 0) is 0 Å². The van der Waals surface area contributed by atoms with E-state index in [-0.39, 0.29) is 5.91 Å². The summed E-state index contributed by atoms with van der Waals surface area (Å²) in [5, 5.41) is 10.3. The molecule has 0 unspecified atom stereocenters. The third kappa shape index (κ3) is 3.91. The van der Waals surface area contributed by atoms with Crippen molar-refractivity contribution in [1.29, 1.82) is 0 Å². The van der Waals surface area contributed by atoms with E-state index in [0.29, 0.717) is 34.5 Å². The molecular formula is C14H18N4O3S. The Bertz CT molecular complexity index is 623. The van der Waals surface area contributed by atoms with Gasteiger partial charge in [0.15, 0.2) is 0 Å². The van der Waals surface area contributed by atoms with Crippen molar-refractivity contribution >= 4 is 17.7 Å². The number of carbonyl (C=O) groups is 1. The molecule has 118 valence electrons. The number of ether oxygens (including phenoxy) is 2. The lowest BCUT2D eigenvalue weighted by Gasteiger charge is -2.12. The molecule has 0 aliphatic carbocycles. The molecule has 22 heavy (non-hydrogen) atoms. The molecule has 2 rings (SSSR count). The highest BCUT2D eigenvalue weighted by molar-refractivity contribution is 7.99. The van der Waals surface area contributed by atoms with Crippen LogP contribution in [0.25, 0.3) is 0 Å². The number of benzene rings is 1. The summed E-state index contributed by atoms with van der Waals surface area (Å²) in [6.07, 6.45) is 0. The van der Waals surface area contributed by atoms with Gasteiger partial charge in [-0.05, 0) is 19.1 Å². The van der Waals surface area contributed by atoms with E-state index in [4.69, 9.17) is 9.47 Å². The van der Waals surface area contributed by atoms with E-state index >= 15 is 0 Å². The Kier molecular flexibility index (Phi) is 5.65. The van der Waals surface area contributed by atoms with Gasteiger partial charge in [-0.1, -0.05) is 17.8 Å². The Labute approximate surface area is 132 Å². The normalized spacial score (nSPS) is 10.3. The Morgan fingerprint density at radius 2 is 2.00 bits per heavy atom. The number of amides is 1. The number of nitrogens with one attached hydrogen (secondary N) is 2. The van der Waals surface area contributed by atoms with Gasteiger partial charge in [0.05, 0.1) is 14.2 Å². The van der Waals surface area contributed by atoms with E-state index in [1.54, 1.807) is 18.2 Å². The molecule has 7 nitrogen and oxygen atoms in total. The number of hydrogen-bond acceptors (Lipinski definition) is 6. The first-order chi connectivity index (χ1) is 10.7. The number of hydrogen-bond donors (Lipinski definition) is 2. The lowest BCUT2D eigenvalue weighted by molar-refractivity contribution is 0.0950. The second-order valence-electron chi connectivity index (χ2n) is 4.35. The summed E-state index contributed by atoms with van der Waals surface area (Å²) in [6, 6.07) is 5.22. The van der Waals surface area contributed by atoms with Crippen LogP contribution in [0.4, 0.5) is 0 Å². The van der Waals surface area contributed by atoms with Crippen molar-refractivity contribution in [2.24, 2.45) is 0 Å². The van der Waals surface area contributed by atoms with Crippen LogP contribution >= 0.6 is 11.8 Å². The average molecular weight is 322 g/mol. The number of H-pyrrole nitrogens is 1. The van der Waals surface area contributed by atoms with Gasteiger partial charge in [0.1, 0.15) is 22.9 Å². The standard InChI is InChI=1S/C14H18N4O3S/c1-9-16-14(18-17-9)22-8-7-15-13(19)12-10(20-2)5-4-6-11(12)21-3/h4-6H,7-8H2,1-3H3,(H,15,19)(H,16,17,18). The molecule has 0 radical (unpaired) electrons. The van der Waals surface area contributed by atoms with Crippen LogP contribution in [0.15, 0.2) is 23.4 Å². The maximum absolute atomic E-state index is 12.3. The highest BCUT2D eigenvalue weighted by Gasteiger charge is 2.17. The van der Waals surface area contributed by atoms with Crippen molar-refractivity contribution < 1.29 is 14.3 Å². The summed E-state index contributed by atoms with van der Waals surface area (Å²) in [4.78, 5) is 16.5. The molecule has 2 N–H and O–H groups in total. The van der Waals surface area contributed by atoms with Crippen molar-refractivity contribution in [2.45, 2.75) is 12.1 Å². The Morgan fingerprint density at radius 1 is 1.32 bits per heavy atom. The smallest absolute Gasteiger partial charge is 0.258 e. The molecule has 0 fully saturated rings. The van der Waals surface area contributed by atoms with Crippen LogP contribution in [0.5, 0.6) is 11.5 Å². The first kappa shape index (κ1) is 16.2. The third-order valence-electron chi connectivity index (χ3n) is 2.85. The predicted molar refractivity (Wildman–Crippen MR) is 83.7 cm³/mol.